The van der Waals surface area contributed by atoms with Crippen LogP contribution >= 0.6 is 0 Å². The summed E-state index contributed by atoms with van der Waals surface area (Å²) < 4.78 is 0. The predicted octanol–water partition coefficient (Wildman–Crippen LogP) is 1.97. The van der Waals surface area contributed by atoms with E-state index in [9.17, 15) is 5.11 Å². The molecule has 100 valence electrons. The number of aliphatic hydroxyl groups excluding tert-OH is 1. The van der Waals surface area contributed by atoms with Gasteiger partial charge < -0.3 is 15.7 Å². The zero-order valence-electron chi connectivity index (χ0n) is 11.1. The molecule has 1 aliphatic rings. The zero-order chi connectivity index (χ0) is 13.0. The van der Waals surface area contributed by atoms with Crippen molar-refractivity contribution in [3.63, 3.8) is 0 Å². The quantitative estimate of drug-likeness (QED) is 0.690. The van der Waals surface area contributed by atoms with Crippen LogP contribution in [-0.4, -0.2) is 34.8 Å². The Labute approximate surface area is 108 Å². The van der Waals surface area contributed by atoms with Gasteiger partial charge in [-0.1, -0.05) is 13.3 Å². The highest BCUT2D eigenvalue weighted by molar-refractivity contribution is 5.47. The fourth-order valence-electron chi connectivity index (χ4n) is 1.87. The van der Waals surface area contributed by atoms with Gasteiger partial charge >= 0.3 is 0 Å². The fourth-order valence-corrected chi connectivity index (χ4v) is 1.87. The molecule has 2 rings (SSSR count). The lowest BCUT2D eigenvalue weighted by Crippen LogP contribution is -2.20. The van der Waals surface area contributed by atoms with Gasteiger partial charge in [-0.05, 0) is 19.3 Å². The minimum atomic E-state index is -0.313. The molecule has 0 saturated heterocycles. The van der Waals surface area contributed by atoms with Crippen molar-refractivity contribution in [2.24, 2.45) is 0 Å². The molecule has 1 aromatic heterocycles. The molecule has 0 amide bonds. The van der Waals surface area contributed by atoms with Crippen LogP contribution in [0.15, 0.2) is 6.07 Å². The second-order valence-electron chi connectivity index (χ2n) is 4.84. The molecule has 0 radical (unpaired) electrons. The Morgan fingerprint density at radius 1 is 1.39 bits per heavy atom. The molecule has 1 aliphatic carbocycles. The first-order valence-corrected chi connectivity index (χ1v) is 6.71. The van der Waals surface area contributed by atoms with Crippen LogP contribution in [0.5, 0.6) is 0 Å². The minimum absolute atomic E-state index is 0.313. The molecule has 1 saturated carbocycles. The minimum Gasteiger partial charge on any atom is -0.391 e. The molecule has 0 spiro atoms. The monoisotopic (exact) mass is 250 g/mol. The Bertz CT molecular complexity index is 393. The summed E-state index contributed by atoms with van der Waals surface area (Å²) in [7, 11) is 1.86. The van der Waals surface area contributed by atoms with E-state index in [1.807, 2.05) is 13.1 Å². The molecule has 1 fully saturated rings. The van der Waals surface area contributed by atoms with E-state index < -0.39 is 0 Å². The van der Waals surface area contributed by atoms with Crippen molar-refractivity contribution >= 4 is 11.6 Å². The van der Waals surface area contributed by atoms with Gasteiger partial charge in [-0.2, -0.15) is 0 Å². The number of aromatic nitrogens is 2. The molecular formula is C13H22N4O. The molecule has 0 bridgehead atoms. The van der Waals surface area contributed by atoms with Gasteiger partial charge in [0.1, 0.15) is 17.5 Å². The third-order valence-corrected chi connectivity index (χ3v) is 3.08. The van der Waals surface area contributed by atoms with Crippen LogP contribution in [0.25, 0.3) is 0 Å². The van der Waals surface area contributed by atoms with E-state index in [0.717, 1.165) is 30.3 Å². The lowest BCUT2D eigenvalue weighted by molar-refractivity contribution is 0.176. The Hall–Kier alpha value is -1.36. The molecule has 1 heterocycles. The van der Waals surface area contributed by atoms with Crippen molar-refractivity contribution < 1.29 is 5.11 Å². The molecule has 3 N–H and O–H groups in total. The van der Waals surface area contributed by atoms with Gasteiger partial charge in [-0.3, -0.25) is 0 Å². The predicted molar refractivity (Wildman–Crippen MR) is 73.0 cm³/mol. The summed E-state index contributed by atoms with van der Waals surface area (Å²) in [6.45, 7) is 2.61. The number of nitrogens with one attached hydrogen (secondary N) is 2. The number of aliphatic hydroxyl groups is 1. The first kappa shape index (κ1) is 13.1. The molecule has 5 heteroatoms. The van der Waals surface area contributed by atoms with Crippen molar-refractivity contribution in [2.75, 3.05) is 24.2 Å². The molecule has 1 atom stereocenters. The zero-order valence-corrected chi connectivity index (χ0v) is 11.1. The SMILES string of the molecule is CCCC(O)CNc1cc(NC)nc(C2CC2)n1. The van der Waals surface area contributed by atoms with Crippen LogP contribution in [0.2, 0.25) is 0 Å². The topological polar surface area (TPSA) is 70.1 Å². The van der Waals surface area contributed by atoms with Gasteiger partial charge in [-0.15, -0.1) is 0 Å². The van der Waals surface area contributed by atoms with Gasteiger partial charge in [0.2, 0.25) is 0 Å². The summed E-state index contributed by atoms with van der Waals surface area (Å²) in [6, 6.07) is 1.88. The van der Waals surface area contributed by atoms with Crippen LogP contribution in [0, 0.1) is 0 Å². The van der Waals surface area contributed by atoms with Crippen molar-refractivity contribution in [1.82, 2.24) is 9.97 Å². The molecule has 5 nitrogen and oxygen atoms in total. The number of rotatable bonds is 7. The maximum atomic E-state index is 9.71. The van der Waals surface area contributed by atoms with Gasteiger partial charge in [-0.25, -0.2) is 9.97 Å². The van der Waals surface area contributed by atoms with E-state index in [1.54, 1.807) is 0 Å². The highest BCUT2D eigenvalue weighted by Crippen LogP contribution is 2.38. The Kier molecular flexibility index (Phi) is 4.36. The average molecular weight is 250 g/mol. The van der Waals surface area contributed by atoms with Crippen molar-refractivity contribution in [1.29, 1.82) is 0 Å². The van der Waals surface area contributed by atoms with E-state index in [0.29, 0.717) is 12.5 Å². The maximum absolute atomic E-state index is 9.71. The Balaban J connectivity index is 2.00. The summed E-state index contributed by atoms with van der Waals surface area (Å²) >= 11 is 0. The normalized spacial score (nSPS) is 16.4. The van der Waals surface area contributed by atoms with E-state index >= 15 is 0 Å². The smallest absolute Gasteiger partial charge is 0.136 e. The van der Waals surface area contributed by atoms with Gasteiger partial charge in [0.05, 0.1) is 6.10 Å². The number of nitrogens with zero attached hydrogens (tertiary/aromatic N) is 2. The van der Waals surface area contributed by atoms with Crippen molar-refractivity contribution in [3.05, 3.63) is 11.9 Å². The lowest BCUT2D eigenvalue weighted by atomic mass is 10.2. The summed E-state index contributed by atoms with van der Waals surface area (Å²) in [6.07, 6.45) is 3.86. The van der Waals surface area contributed by atoms with Crippen LogP contribution in [0.4, 0.5) is 11.6 Å². The highest BCUT2D eigenvalue weighted by atomic mass is 16.3. The van der Waals surface area contributed by atoms with Crippen LogP contribution in [-0.2, 0) is 0 Å². The number of anilines is 2. The average Bonchev–Trinajstić information content (AvgIpc) is 3.20. The molecule has 18 heavy (non-hydrogen) atoms. The second kappa shape index (κ2) is 6.00. The van der Waals surface area contributed by atoms with Gasteiger partial charge in [0, 0.05) is 25.6 Å². The summed E-state index contributed by atoms with van der Waals surface area (Å²) in [5.74, 6) is 3.07. The number of hydrogen-bond acceptors (Lipinski definition) is 5. The molecule has 0 aromatic carbocycles. The van der Waals surface area contributed by atoms with Crippen molar-refractivity contribution in [3.8, 4) is 0 Å². The second-order valence-corrected chi connectivity index (χ2v) is 4.84. The van der Waals surface area contributed by atoms with Crippen LogP contribution in [0.3, 0.4) is 0 Å². The lowest BCUT2D eigenvalue weighted by Gasteiger charge is -2.12. The Morgan fingerprint density at radius 3 is 2.72 bits per heavy atom. The summed E-state index contributed by atoms with van der Waals surface area (Å²) in [5.41, 5.74) is 0. The standard InChI is InChI=1S/C13H22N4O/c1-3-4-10(18)8-15-12-7-11(14-2)16-13(17-12)9-5-6-9/h7,9-10,18H,3-6,8H2,1-2H3,(H2,14,15,16,17). The van der Waals surface area contributed by atoms with E-state index in [1.165, 1.54) is 12.8 Å². The van der Waals surface area contributed by atoms with E-state index in [2.05, 4.69) is 27.5 Å². The van der Waals surface area contributed by atoms with Gasteiger partial charge in [0.15, 0.2) is 0 Å². The molecule has 0 aliphatic heterocycles. The third-order valence-electron chi connectivity index (χ3n) is 3.08. The third kappa shape index (κ3) is 3.57. The van der Waals surface area contributed by atoms with E-state index in [4.69, 9.17) is 0 Å². The highest BCUT2D eigenvalue weighted by Gasteiger charge is 2.27. The summed E-state index contributed by atoms with van der Waals surface area (Å²) in [4.78, 5) is 8.95. The first-order chi connectivity index (χ1) is 8.72. The fraction of sp³-hybridized carbons (Fsp3) is 0.692. The maximum Gasteiger partial charge on any atom is 0.136 e. The van der Waals surface area contributed by atoms with Gasteiger partial charge in [0.25, 0.3) is 0 Å². The number of hydrogen-bond donors (Lipinski definition) is 3. The molecular weight excluding hydrogens is 228 g/mol. The Morgan fingerprint density at radius 2 is 2.11 bits per heavy atom. The largest absolute Gasteiger partial charge is 0.391 e. The molecule has 1 unspecified atom stereocenters. The van der Waals surface area contributed by atoms with Crippen molar-refractivity contribution in [2.45, 2.75) is 44.6 Å². The molecule has 1 aromatic rings. The first-order valence-electron chi connectivity index (χ1n) is 6.71. The summed E-state index contributed by atoms with van der Waals surface area (Å²) in [5, 5.41) is 15.9. The van der Waals surface area contributed by atoms with Crippen LogP contribution < -0.4 is 10.6 Å². The van der Waals surface area contributed by atoms with E-state index in [-0.39, 0.29) is 6.10 Å². The van der Waals surface area contributed by atoms with Crippen LogP contribution in [0.1, 0.15) is 44.3 Å².